The first-order valence-electron chi connectivity index (χ1n) is 44.1. The summed E-state index contributed by atoms with van der Waals surface area (Å²) in [5.41, 5.74) is 9.72. The third kappa shape index (κ3) is 23.0. The molecular formula is C94H114Cl2N10O27. The molecule has 15 rings (SSSR count). The molecule has 8 aliphatic rings. The van der Waals surface area contributed by atoms with Gasteiger partial charge in [0.05, 0.1) is 60.1 Å². The number of aliphatic hydroxyl groups excluding tert-OH is 6. The van der Waals surface area contributed by atoms with Crippen LogP contribution in [0.15, 0.2) is 127 Å². The van der Waals surface area contributed by atoms with Crippen molar-refractivity contribution in [3.63, 3.8) is 0 Å². The van der Waals surface area contributed by atoms with Gasteiger partial charge in [-0.1, -0.05) is 131 Å². The zero-order valence-electron chi connectivity index (χ0n) is 74.3. The van der Waals surface area contributed by atoms with Crippen molar-refractivity contribution in [1.82, 2.24) is 42.5 Å². The normalized spacial score (nSPS) is 28.6. The van der Waals surface area contributed by atoms with Crippen LogP contribution in [0.3, 0.4) is 0 Å². The fourth-order valence-electron chi connectivity index (χ4n) is 17.3. The average Bonchev–Trinajstić information content (AvgIpc) is 0.764. The Kier molecular flexibility index (Phi) is 31.9. The van der Waals surface area contributed by atoms with Gasteiger partial charge in [0.25, 0.3) is 0 Å². The number of rotatable bonds is 27. The molecule has 0 spiro atoms. The topological polar surface area (TPSA) is 570 Å². The van der Waals surface area contributed by atoms with E-state index in [-0.39, 0.29) is 59.2 Å². The quantitative estimate of drug-likeness (QED) is 0.0242. The number of likely N-dealkylation sites (N-methyl/N-ethyl adjacent to an activating group) is 1. The van der Waals surface area contributed by atoms with Crippen LogP contribution in [0.1, 0.15) is 176 Å². The van der Waals surface area contributed by atoms with E-state index in [2.05, 4.69) is 49.5 Å². The van der Waals surface area contributed by atoms with Crippen molar-refractivity contribution in [2.45, 2.75) is 252 Å². The third-order valence-corrected chi connectivity index (χ3v) is 25.3. The van der Waals surface area contributed by atoms with Crippen LogP contribution >= 0.6 is 23.2 Å². The number of primary amides is 1. The Labute approximate surface area is 776 Å². The van der Waals surface area contributed by atoms with Crippen molar-refractivity contribution in [3.8, 4) is 74.0 Å². The predicted molar refractivity (Wildman–Crippen MR) is 479 cm³/mol. The Morgan fingerprint density at radius 2 is 1.23 bits per heavy atom. The van der Waals surface area contributed by atoms with Crippen molar-refractivity contribution < 1.29 is 132 Å². The van der Waals surface area contributed by atoms with Crippen molar-refractivity contribution in [1.29, 1.82) is 0 Å². The highest BCUT2D eigenvalue weighted by atomic mass is 35.5. The molecule has 133 heavy (non-hydrogen) atoms. The van der Waals surface area contributed by atoms with Crippen molar-refractivity contribution in [3.05, 3.63) is 171 Å². The summed E-state index contributed by atoms with van der Waals surface area (Å²) in [6.45, 7) is 11.9. The van der Waals surface area contributed by atoms with Gasteiger partial charge in [-0.15, -0.1) is 0 Å². The number of benzene rings is 7. The van der Waals surface area contributed by atoms with Crippen LogP contribution < -0.4 is 72.9 Å². The van der Waals surface area contributed by atoms with E-state index in [9.17, 15) is 65.4 Å². The van der Waals surface area contributed by atoms with E-state index in [4.69, 9.17) is 77.3 Å². The molecule has 39 heteroatoms. The molecule has 0 unspecified atom stereocenters. The molecule has 716 valence electrons. The second-order valence-electron chi connectivity index (χ2n) is 35.4. The molecule has 3 saturated heterocycles. The number of aliphatic carboxylic acids is 1. The fraction of sp³-hybridized carbons (Fsp3) is 0.468. The Balaban J connectivity index is 0.965. The number of unbranched alkanes of at least 4 members (excludes halogenated alkanes) is 5. The van der Waals surface area contributed by atoms with Gasteiger partial charge >= 0.3 is 5.97 Å². The van der Waals surface area contributed by atoms with Gasteiger partial charge in [-0.05, 0) is 159 Å². The molecule has 8 aliphatic heterocycles. The van der Waals surface area contributed by atoms with Gasteiger partial charge in [0, 0.05) is 53.2 Å². The molecule has 0 aromatic heterocycles. The summed E-state index contributed by atoms with van der Waals surface area (Å²) in [5, 5.41) is 138. The monoisotopic (exact) mass is 1880 g/mol. The number of nitrogens with one attached hydrogen (secondary N) is 8. The van der Waals surface area contributed by atoms with Crippen molar-refractivity contribution in [2.24, 2.45) is 17.4 Å². The standard InChI is InChI=1S/C94H114Cl2N10O27/c1-9-10-11-12-13-14-29-125-54-24-19-48(20-25-54)47-17-15-46(16-18-47)41-100-94(7)40-70(127-45(5)84(94)116)132-82-79(114)78(113)67(42-107)130-92(82)133-81-65-34-52-35-66(81)129-64-28-23-51(33-58(64)96)80(131-69-39-93(6,98)83(115)44(4)126-69)76-90(122)104-74(91(123)124)56-36-53(108)37-62(110)71(56)55-31-49(21-26-61(55)109)72(87(119)106-76)103-88(120)73(52)102-86(118)60(38-68(97)111)101-89(121)75(105-85(117)59(99-8)30-43(2)3)77(112)50-22-27-63(128-65)57(95)32-50/h15-28,31-37,43-45,59-60,67,69-70,72-80,82-84,92,99-100,107-110,112-116H,9-14,29-30,38-42,98H2,1-8H3,(H2,97,111)(H,101,121)(H,102,118)(H,103,120)(H,104,122)(H,105,117)(H,106,119)(H,123,124)/t44-,45-,59+,60-,67+,69-,70-,72+,73+,74-,75+,76-,77+,78+,79-,80+,82+,83-,84-,92-,93-,94-/m0/s1. The number of phenolic OH excluding ortho intramolecular Hbond substituents is 3. The van der Waals surface area contributed by atoms with Crippen LogP contribution in [-0.2, 0) is 68.6 Å². The van der Waals surface area contributed by atoms with Gasteiger partial charge in [0.15, 0.2) is 36.2 Å². The Morgan fingerprint density at radius 3 is 1.86 bits per heavy atom. The number of carboxylic acids is 1. The summed E-state index contributed by atoms with van der Waals surface area (Å²) >= 11 is 14.7. The number of aliphatic hydroxyl groups is 6. The number of carbonyl (C=O) groups is 8. The second-order valence-corrected chi connectivity index (χ2v) is 36.2. The van der Waals surface area contributed by atoms with E-state index < -0.39 is 261 Å². The molecule has 11 bridgehead atoms. The number of carbonyl (C=O) groups excluding carboxylic acids is 7. The number of carboxylic acid groups (broad SMARTS) is 1. The van der Waals surface area contributed by atoms with Crippen LogP contribution in [0.5, 0.6) is 51.7 Å². The van der Waals surface area contributed by atoms with Crippen LogP contribution in [0, 0.1) is 5.92 Å². The molecule has 22 N–H and O–H groups in total. The summed E-state index contributed by atoms with van der Waals surface area (Å²) in [7, 11) is 1.48. The zero-order chi connectivity index (χ0) is 95.9. The number of phenols is 3. The van der Waals surface area contributed by atoms with Gasteiger partial charge in [-0.3, -0.25) is 33.6 Å². The van der Waals surface area contributed by atoms with E-state index in [1.807, 2.05) is 62.4 Å². The highest BCUT2D eigenvalue weighted by molar-refractivity contribution is 6.32. The first kappa shape index (κ1) is 99.4. The molecular weight excluding hydrogens is 1770 g/mol. The number of amides is 7. The molecule has 0 radical (unpaired) electrons. The van der Waals surface area contributed by atoms with Crippen LogP contribution in [0.25, 0.3) is 22.3 Å². The maximum Gasteiger partial charge on any atom is 0.330 e. The van der Waals surface area contributed by atoms with Gasteiger partial charge in [-0.25, -0.2) is 4.79 Å². The maximum absolute atomic E-state index is 16.6. The summed E-state index contributed by atoms with van der Waals surface area (Å²) < 4.78 is 59.2. The Morgan fingerprint density at radius 1 is 0.632 bits per heavy atom. The lowest BCUT2D eigenvalue weighted by atomic mass is 9.84. The van der Waals surface area contributed by atoms with E-state index in [0.717, 1.165) is 83.8 Å². The molecule has 37 nitrogen and oxygen atoms in total. The van der Waals surface area contributed by atoms with Gasteiger partial charge in [0.2, 0.25) is 53.4 Å². The summed E-state index contributed by atoms with van der Waals surface area (Å²) in [6, 6.07) is 15.3. The molecule has 3 fully saturated rings. The summed E-state index contributed by atoms with van der Waals surface area (Å²) in [4.78, 5) is 121. The first-order valence-corrected chi connectivity index (χ1v) is 44.8. The van der Waals surface area contributed by atoms with Gasteiger partial charge in [0.1, 0.15) is 95.2 Å². The fourth-order valence-corrected chi connectivity index (χ4v) is 17.8. The Hall–Kier alpha value is -11.1. The second kappa shape index (κ2) is 42.7. The number of aromatic hydroxyl groups is 3. The van der Waals surface area contributed by atoms with Crippen LogP contribution in [0.4, 0.5) is 0 Å². The summed E-state index contributed by atoms with van der Waals surface area (Å²) in [5.74, 6) is -15.3. The van der Waals surface area contributed by atoms with E-state index in [0.29, 0.717) is 6.61 Å². The van der Waals surface area contributed by atoms with E-state index in [1.165, 1.54) is 76.9 Å². The number of halogens is 2. The lowest BCUT2D eigenvalue weighted by molar-refractivity contribution is -0.334. The highest BCUT2D eigenvalue weighted by Crippen LogP contribution is 2.51. The van der Waals surface area contributed by atoms with Crippen molar-refractivity contribution in [2.75, 3.05) is 20.3 Å². The highest BCUT2D eigenvalue weighted by Gasteiger charge is 2.53. The lowest BCUT2D eigenvalue weighted by Crippen LogP contribution is -2.65. The van der Waals surface area contributed by atoms with E-state index >= 15 is 24.0 Å². The summed E-state index contributed by atoms with van der Waals surface area (Å²) in [6.07, 6.45) is -16.1. The molecule has 0 saturated carbocycles. The molecule has 22 atom stereocenters. The molecule has 8 heterocycles. The number of fused-ring (bicyclic) bond motifs is 15. The number of hydrogen-bond acceptors (Lipinski definition) is 29. The number of nitrogens with two attached hydrogens (primary N) is 2. The van der Waals surface area contributed by atoms with Crippen LogP contribution in [-0.4, -0.2) is 222 Å². The first-order chi connectivity index (χ1) is 63.2. The van der Waals surface area contributed by atoms with Crippen LogP contribution in [0.2, 0.25) is 10.0 Å². The minimum atomic E-state index is -2.40. The van der Waals surface area contributed by atoms with Gasteiger partial charge in [-0.2, -0.15) is 0 Å². The molecule has 7 aromatic rings. The zero-order valence-corrected chi connectivity index (χ0v) is 75.8. The third-order valence-electron chi connectivity index (χ3n) is 24.7. The van der Waals surface area contributed by atoms with Crippen molar-refractivity contribution >= 4 is 70.5 Å². The Bertz CT molecular complexity index is 5410. The smallest absolute Gasteiger partial charge is 0.330 e. The predicted octanol–water partition coefficient (Wildman–Crippen LogP) is 6.58. The van der Waals surface area contributed by atoms with E-state index in [1.54, 1.807) is 13.8 Å². The lowest BCUT2D eigenvalue weighted by Gasteiger charge is -2.48. The minimum Gasteiger partial charge on any atom is -0.508 e. The molecule has 7 amide bonds. The minimum absolute atomic E-state index is 0.120. The number of ether oxygens (including phenoxy) is 9. The molecule has 7 aromatic carbocycles. The average molecular weight is 1890 g/mol. The largest absolute Gasteiger partial charge is 0.508 e. The maximum atomic E-state index is 16.6. The SMILES string of the molecule is CCCCCCCCOc1ccc(-c2ccc(CN[C@@]3(C)C[C@H](O[C@H]4[C@H](Oc5c6cc7cc5Oc5ccc(cc5Cl)[C@@H](O[C@H]5C[C@](C)(N)[C@@H](O)[C@H](C)O5)[C@@H]5NC(=O)[C@H](NC(=O)[C@@H]7NC(=O)[C@H](CC(N)=O)NC(=O)[C@H](NC(=O)[C@@H](CC(C)C)NC)[C@H](O)c7ccc(c(Cl)c7)O6)c6ccc(O)c(c6)-c6c(O)cc(O)cc6[C@@H](C(=O)O)NC5=O)O[C@H](CO)[C@@H](O)[C@@H]4O)O[C@@H](C)[C@@H]3O)cc2)cc1. The number of hydrogen-bond donors (Lipinski definition) is 20. The van der Waals surface area contributed by atoms with Gasteiger partial charge < -0.3 is 148 Å². The molecule has 0 aliphatic carbocycles.